The van der Waals surface area contributed by atoms with Crippen molar-refractivity contribution in [2.75, 3.05) is 0 Å². The van der Waals surface area contributed by atoms with Gasteiger partial charge in [0.05, 0.1) is 0 Å². The molecule has 0 spiro atoms. The molecule has 0 fully saturated rings. The van der Waals surface area contributed by atoms with Gasteiger partial charge in [0.15, 0.2) is 0 Å². The van der Waals surface area contributed by atoms with Crippen LogP contribution >= 0.6 is 0 Å². The predicted molar refractivity (Wildman–Crippen MR) is 205 cm³/mol. The van der Waals surface area contributed by atoms with Gasteiger partial charge in [0.2, 0.25) is 0 Å². The van der Waals surface area contributed by atoms with Gasteiger partial charge in [-0.25, -0.2) is 12.2 Å². The monoisotopic (exact) mass is 846 g/mol. The maximum Gasteiger partial charge on any atom is -0.0255 e. The minimum Gasteiger partial charge on any atom is -0.126 e. The minimum atomic E-state index is 0. The Labute approximate surface area is 320 Å². The molecule has 0 atom stereocenters. The van der Waals surface area contributed by atoms with Gasteiger partial charge in [0.25, 0.3) is 0 Å². The second-order valence-electron chi connectivity index (χ2n) is 12.1. The topological polar surface area (TPSA) is 0 Å². The molecule has 3 heteroatoms. The van der Waals surface area contributed by atoms with E-state index in [1.807, 2.05) is 12.2 Å². The molecule has 9 aromatic rings. The number of halogens is 2. The summed E-state index contributed by atoms with van der Waals surface area (Å²) >= 11 is 1.03. The zero-order chi connectivity index (χ0) is 32.3. The number of rotatable bonds is 2. The average Bonchev–Trinajstić information content (AvgIpc) is 3.88. The van der Waals surface area contributed by atoms with Crippen LogP contribution < -0.4 is 24.8 Å². The van der Waals surface area contributed by atoms with Gasteiger partial charge in [-0.3, -0.25) is 6.08 Å². The van der Waals surface area contributed by atoms with Crippen LogP contribution in [-0.4, -0.2) is 3.26 Å². The van der Waals surface area contributed by atoms with E-state index in [0.717, 1.165) is 30.3 Å². The first-order valence-electron chi connectivity index (χ1n) is 16.4. The van der Waals surface area contributed by atoms with Crippen molar-refractivity contribution < 1.29 is 48.7 Å². The molecule has 50 heavy (non-hydrogen) atoms. The number of hydrogen-bond donors (Lipinski definition) is 0. The normalized spacial score (nSPS) is 11.6. The Morgan fingerprint density at radius 2 is 0.980 bits per heavy atom. The second-order valence-corrected chi connectivity index (χ2v) is 13.9. The molecule has 0 nitrogen and oxygen atoms in total. The molecule has 0 radical (unpaired) electrons. The van der Waals surface area contributed by atoms with Crippen molar-refractivity contribution in [1.29, 1.82) is 0 Å². The minimum absolute atomic E-state index is 0. The van der Waals surface area contributed by atoms with E-state index in [-0.39, 0.29) is 24.8 Å². The van der Waals surface area contributed by atoms with Crippen LogP contribution in [0.15, 0.2) is 182 Å². The number of benzene rings is 8. The summed E-state index contributed by atoms with van der Waals surface area (Å²) < 4.78 is 1.46. The third kappa shape index (κ3) is 7.05. The quantitative estimate of drug-likeness (QED) is 0.107. The average molecular weight is 846 g/mol. The summed E-state index contributed by atoms with van der Waals surface area (Å²) in [5, 5.41) is 16.1. The number of hydrogen-bond acceptors (Lipinski definition) is 0. The molecule has 0 aromatic heterocycles. The fourth-order valence-corrected chi connectivity index (χ4v) is 7.93. The van der Waals surface area contributed by atoms with E-state index in [9.17, 15) is 0 Å². The Bertz CT molecular complexity index is 2590. The molecule has 0 unspecified atom stereocenters. The molecular formula is C47H32Cl2Hf-2. The van der Waals surface area contributed by atoms with Gasteiger partial charge >= 0.3 is 145 Å². The maximum atomic E-state index is 2.99. The van der Waals surface area contributed by atoms with E-state index in [4.69, 9.17) is 0 Å². The Hall–Kier alpha value is -4.53. The summed E-state index contributed by atoms with van der Waals surface area (Å²) in [7, 11) is 0. The molecular weight excluding hydrogens is 814 g/mol. The zero-order valence-corrected chi connectivity index (χ0v) is 32.4. The summed E-state index contributed by atoms with van der Waals surface area (Å²) in [6.45, 7) is 0. The van der Waals surface area contributed by atoms with Crippen molar-refractivity contribution in [3.63, 3.8) is 0 Å². The van der Waals surface area contributed by atoms with Gasteiger partial charge in [0, 0.05) is 0 Å². The van der Waals surface area contributed by atoms with Crippen LogP contribution in [0, 0.1) is 6.08 Å². The molecule has 1 aliphatic carbocycles. The van der Waals surface area contributed by atoms with Crippen LogP contribution in [0.3, 0.4) is 0 Å². The van der Waals surface area contributed by atoms with Crippen LogP contribution in [0.1, 0.15) is 17.5 Å². The standard InChI is InChI=1S/C21H13.C21H14.C5H5.2ClH.Hf/c1-2-8-15-14(7-1)13-20-18-11-4-3-9-16(18)17-10-5-6-12-19(17)21(15)20;1-3-7-20-14-16(9-11-18(20)5-1)13-17-10-12-19-6-2-4-8-21(19)15-17;1-2-4-5-3-1;;;/h1-13H;1-12,14-15H;1-3H,4H2;2*1H;/q-1;;-1;;;+2/p-2. The van der Waals surface area contributed by atoms with Crippen LogP contribution in [0.25, 0.3) is 64.6 Å². The molecule has 0 saturated carbocycles. The molecule has 0 heterocycles. The van der Waals surface area contributed by atoms with Crippen molar-refractivity contribution in [3.8, 4) is 0 Å². The summed E-state index contributed by atoms with van der Waals surface area (Å²) in [4.78, 5) is 0. The van der Waals surface area contributed by atoms with Gasteiger partial charge in [0.1, 0.15) is 0 Å². The summed E-state index contributed by atoms with van der Waals surface area (Å²) in [6.07, 6.45) is 10.0. The number of allylic oxidation sites excluding steroid dienone is 4. The Kier molecular flexibility index (Phi) is 11.3. The van der Waals surface area contributed by atoms with Crippen molar-refractivity contribution in [1.82, 2.24) is 0 Å². The van der Waals surface area contributed by atoms with Crippen molar-refractivity contribution in [3.05, 3.63) is 199 Å². The third-order valence-electron chi connectivity index (χ3n) is 9.17. The van der Waals surface area contributed by atoms with Crippen LogP contribution in [-0.2, 0) is 23.9 Å². The predicted octanol–water partition coefficient (Wildman–Crippen LogP) is 6.44. The molecule has 1 aliphatic rings. The van der Waals surface area contributed by atoms with Gasteiger partial charge < -0.3 is 24.8 Å². The summed E-state index contributed by atoms with van der Waals surface area (Å²) in [6, 6.07) is 59.2. The van der Waals surface area contributed by atoms with E-state index in [1.54, 1.807) is 0 Å². The van der Waals surface area contributed by atoms with Crippen LogP contribution in [0.2, 0.25) is 0 Å². The SMILES string of the molecule is [C-]1=CC=CC1.[Cl-].[Cl-].[Hf+2]=[C](c1ccc2ccccc2c1)c1ccc2ccccc2c1.c1ccc2c(c1)[cH-]c1c3ccccc3c3ccccc3c21. The third-order valence-corrected chi connectivity index (χ3v) is 11.2. The Morgan fingerprint density at radius 3 is 1.52 bits per heavy atom. The largest absolute Gasteiger partial charge is 0.126 e. The number of fused-ring (bicyclic) bond motifs is 10. The summed E-state index contributed by atoms with van der Waals surface area (Å²) in [5.41, 5.74) is 2.70. The second kappa shape index (κ2) is 16.0. The first-order chi connectivity index (χ1) is 23.7. The fraction of sp³-hybridized carbons (Fsp3) is 0.0213. The van der Waals surface area contributed by atoms with Crippen LogP contribution in [0.4, 0.5) is 0 Å². The van der Waals surface area contributed by atoms with Gasteiger partial charge in [-0.2, -0.15) is 6.08 Å². The van der Waals surface area contributed by atoms with E-state index in [0.29, 0.717) is 0 Å². The summed E-state index contributed by atoms with van der Waals surface area (Å²) in [5.74, 6) is 0. The Balaban J connectivity index is 0.000000147. The van der Waals surface area contributed by atoms with Crippen molar-refractivity contribution >= 4 is 67.9 Å². The van der Waals surface area contributed by atoms with Crippen molar-refractivity contribution in [2.24, 2.45) is 0 Å². The fourth-order valence-electron chi connectivity index (χ4n) is 6.81. The van der Waals surface area contributed by atoms with Gasteiger partial charge in [-0.1, -0.05) is 77.5 Å². The maximum absolute atomic E-state index is 2.99. The smallest absolute Gasteiger partial charge is 0.0255 e. The zero-order valence-electron chi connectivity index (χ0n) is 27.3. The molecule has 0 amide bonds. The van der Waals surface area contributed by atoms with E-state index in [1.165, 1.54) is 79.0 Å². The first-order valence-corrected chi connectivity index (χ1v) is 18.2. The van der Waals surface area contributed by atoms with E-state index in [2.05, 4.69) is 176 Å². The first kappa shape index (κ1) is 35.3. The molecule has 10 rings (SSSR count). The molecule has 0 N–H and O–H groups in total. The van der Waals surface area contributed by atoms with Crippen LogP contribution in [0.5, 0.6) is 0 Å². The van der Waals surface area contributed by atoms with Gasteiger partial charge in [-0.15, -0.1) is 40.1 Å². The van der Waals surface area contributed by atoms with E-state index >= 15 is 0 Å². The van der Waals surface area contributed by atoms with E-state index < -0.39 is 0 Å². The molecule has 240 valence electrons. The molecule has 0 saturated heterocycles. The van der Waals surface area contributed by atoms with Gasteiger partial charge in [-0.05, 0) is 10.8 Å². The van der Waals surface area contributed by atoms with Crippen molar-refractivity contribution in [2.45, 2.75) is 6.42 Å². The molecule has 0 aliphatic heterocycles. The molecule has 9 aromatic carbocycles. The molecule has 0 bridgehead atoms. The Morgan fingerprint density at radius 1 is 0.500 bits per heavy atom.